The summed E-state index contributed by atoms with van der Waals surface area (Å²) >= 11 is 0. The van der Waals surface area contributed by atoms with Gasteiger partial charge in [0, 0.05) is 30.0 Å². The number of aromatic nitrogens is 4. The van der Waals surface area contributed by atoms with Crippen LogP contribution in [0.5, 0.6) is 5.75 Å². The summed E-state index contributed by atoms with van der Waals surface area (Å²) in [5.74, 6) is 1.24. The number of carbonyl (C=O) groups is 1. The van der Waals surface area contributed by atoms with Gasteiger partial charge < -0.3 is 15.6 Å². The Morgan fingerprint density at radius 2 is 2.04 bits per heavy atom. The van der Waals surface area contributed by atoms with E-state index in [9.17, 15) is 9.90 Å². The van der Waals surface area contributed by atoms with Crippen molar-refractivity contribution in [3.05, 3.63) is 47.8 Å². The topological polar surface area (TPSA) is 116 Å². The van der Waals surface area contributed by atoms with Gasteiger partial charge in [-0.05, 0) is 31.5 Å². The number of primary amides is 1. The molecule has 0 radical (unpaired) electrons. The summed E-state index contributed by atoms with van der Waals surface area (Å²) < 4.78 is 7.17. The third-order valence-electron chi connectivity index (χ3n) is 4.09. The van der Waals surface area contributed by atoms with E-state index in [1.165, 1.54) is 0 Å². The summed E-state index contributed by atoms with van der Waals surface area (Å²) in [7, 11) is 1.58. The van der Waals surface area contributed by atoms with Gasteiger partial charge in [0.15, 0.2) is 11.6 Å². The van der Waals surface area contributed by atoms with E-state index >= 15 is 0 Å². The van der Waals surface area contributed by atoms with Crippen LogP contribution in [-0.2, 0) is 6.54 Å². The number of ether oxygens (including phenoxy) is 1. The molecule has 8 heteroatoms. The summed E-state index contributed by atoms with van der Waals surface area (Å²) in [5.41, 5.74) is 8.07. The van der Waals surface area contributed by atoms with Crippen molar-refractivity contribution in [2.24, 2.45) is 5.73 Å². The second-order valence-corrected chi connectivity index (χ2v) is 6.03. The van der Waals surface area contributed by atoms with Gasteiger partial charge >= 0.3 is 0 Å². The van der Waals surface area contributed by atoms with Gasteiger partial charge in [0.25, 0.3) is 0 Å². The number of hydrogen-bond donors (Lipinski definition) is 2. The normalized spacial score (nSPS) is 10.8. The smallest absolute Gasteiger partial charge is 0.248 e. The standard InChI is InChI=1S/C19H21N5O3/c1-12-10-15(16(27-2)11-21-12)19-22-18(23-24(19)8-3-9-25)14-6-4-13(5-7-14)17(20)26/h4-7,10-11,25H,3,8-9H2,1-2H3,(H2,20,26). The first kappa shape index (κ1) is 18.5. The lowest BCUT2D eigenvalue weighted by Crippen LogP contribution is -2.10. The quantitative estimate of drug-likeness (QED) is 0.658. The van der Waals surface area contributed by atoms with E-state index in [-0.39, 0.29) is 6.61 Å². The van der Waals surface area contributed by atoms with E-state index in [1.807, 2.05) is 13.0 Å². The minimum Gasteiger partial charge on any atom is -0.494 e. The highest BCUT2D eigenvalue weighted by atomic mass is 16.5. The number of aryl methyl sites for hydroxylation is 2. The van der Waals surface area contributed by atoms with Gasteiger partial charge in [-0.25, -0.2) is 9.67 Å². The third kappa shape index (κ3) is 3.95. The molecule has 0 saturated heterocycles. The van der Waals surface area contributed by atoms with E-state index in [0.29, 0.717) is 35.9 Å². The van der Waals surface area contributed by atoms with Gasteiger partial charge in [-0.15, -0.1) is 0 Å². The molecular formula is C19H21N5O3. The summed E-state index contributed by atoms with van der Waals surface area (Å²) in [4.78, 5) is 20.2. The Bertz CT molecular complexity index is 950. The number of nitrogens with two attached hydrogens (primary N) is 1. The molecule has 3 N–H and O–H groups in total. The van der Waals surface area contributed by atoms with Crippen molar-refractivity contribution in [3.8, 4) is 28.5 Å². The first-order chi connectivity index (χ1) is 13.0. The van der Waals surface area contributed by atoms with Crippen molar-refractivity contribution in [1.82, 2.24) is 19.7 Å². The number of aliphatic hydroxyl groups excluding tert-OH is 1. The molecule has 8 nitrogen and oxygen atoms in total. The molecule has 0 aliphatic carbocycles. The van der Waals surface area contributed by atoms with Crippen LogP contribution in [-0.4, -0.2) is 44.5 Å². The van der Waals surface area contributed by atoms with Crippen LogP contribution in [0.2, 0.25) is 0 Å². The average Bonchev–Trinajstić information content (AvgIpc) is 3.10. The van der Waals surface area contributed by atoms with Crippen LogP contribution in [0.25, 0.3) is 22.8 Å². The van der Waals surface area contributed by atoms with Crippen molar-refractivity contribution in [2.75, 3.05) is 13.7 Å². The number of benzene rings is 1. The SMILES string of the molecule is COc1cnc(C)cc1-c1nc(-c2ccc(C(N)=O)cc2)nn1CCCO. The minimum atomic E-state index is -0.485. The molecule has 0 fully saturated rings. The average molecular weight is 367 g/mol. The van der Waals surface area contributed by atoms with Crippen LogP contribution >= 0.6 is 0 Å². The highest BCUT2D eigenvalue weighted by Crippen LogP contribution is 2.30. The number of methoxy groups -OCH3 is 1. The number of aliphatic hydroxyl groups is 1. The first-order valence-electron chi connectivity index (χ1n) is 8.50. The van der Waals surface area contributed by atoms with Gasteiger partial charge in [0.05, 0.1) is 18.9 Å². The molecule has 27 heavy (non-hydrogen) atoms. The zero-order valence-corrected chi connectivity index (χ0v) is 15.2. The highest BCUT2D eigenvalue weighted by molar-refractivity contribution is 5.93. The fourth-order valence-corrected chi connectivity index (χ4v) is 2.71. The van der Waals surface area contributed by atoms with Gasteiger partial charge in [-0.3, -0.25) is 9.78 Å². The molecule has 0 atom stereocenters. The van der Waals surface area contributed by atoms with Crippen molar-refractivity contribution in [1.29, 1.82) is 0 Å². The fraction of sp³-hybridized carbons (Fsp3) is 0.263. The fourth-order valence-electron chi connectivity index (χ4n) is 2.71. The van der Waals surface area contributed by atoms with E-state index in [2.05, 4.69) is 15.1 Å². The van der Waals surface area contributed by atoms with Crippen LogP contribution in [0.1, 0.15) is 22.5 Å². The number of amides is 1. The Morgan fingerprint density at radius 3 is 2.67 bits per heavy atom. The Kier molecular flexibility index (Phi) is 5.46. The predicted molar refractivity (Wildman–Crippen MR) is 100 cm³/mol. The van der Waals surface area contributed by atoms with E-state index in [1.54, 1.807) is 42.3 Å². The maximum atomic E-state index is 11.3. The lowest BCUT2D eigenvalue weighted by molar-refractivity contribution is 0.100. The van der Waals surface area contributed by atoms with Crippen molar-refractivity contribution in [3.63, 3.8) is 0 Å². The summed E-state index contributed by atoms with van der Waals surface area (Å²) in [6.45, 7) is 2.44. The zero-order chi connectivity index (χ0) is 19.4. The van der Waals surface area contributed by atoms with Crippen LogP contribution in [0.15, 0.2) is 36.5 Å². The molecule has 2 heterocycles. The lowest BCUT2D eigenvalue weighted by Gasteiger charge is -2.09. The molecule has 1 amide bonds. The van der Waals surface area contributed by atoms with Crippen LogP contribution in [0, 0.1) is 6.92 Å². The predicted octanol–water partition coefficient (Wildman–Crippen LogP) is 1.81. The molecule has 0 aliphatic heterocycles. The monoisotopic (exact) mass is 367 g/mol. The lowest BCUT2D eigenvalue weighted by atomic mass is 10.1. The summed E-state index contributed by atoms with van der Waals surface area (Å²) in [5, 5.41) is 13.8. The molecule has 3 rings (SSSR count). The summed E-state index contributed by atoms with van der Waals surface area (Å²) in [6.07, 6.45) is 2.19. The molecule has 0 aliphatic rings. The summed E-state index contributed by atoms with van der Waals surface area (Å²) in [6, 6.07) is 8.68. The van der Waals surface area contributed by atoms with Crippen molar-refractivity contribution >= 4 is 5.91 Å². The first-order valence-corrected chi connectivity index (χ1v) is 8.50. The zero-order valence-electron chi connectivity index (χ0n) is 15.2. The maximum absolute atomic E-state index is 11.3. The van der Waals surface area contributed by atoms with Crippen LogP contribution < -0.4 is 10.5 Å². The number of rotatable bonds is 7. The molecule has 0 saturated carbocycles. The van der Waals surface area contributed by atoms with E-state index in [4.69, 9.17) is 10.5 Å². The second-order valence-electron chi connectivity index (χ2n) is 6.03. The van der Waals surface area contributed by atoms with Gasteiger partial charge in [-0.2, -0.15) is 5.10 Å². The molecule has 3 aromatic rings. The van der Waals surface area contributed by atoms with Gasteiger partial charge in [-0.1, -0.05) is 12.1 Å². The Hall–Kier alpha value is -3.26. The van der Waals surface area contributed by atoms with Crippen molar-refractivity contribution in [2.45, 2.75) is 19.9 Å². The third-order valence-corrected chi connectivity index (χ3v) is 4.09. The number of pyridine rings is 1. The molecule has 140 valence electrons. The highest BCUT2D eigenvalue weighted by Gasteiger charge is 2.18. The molecule has 0 unspecified atom stereocenters. The van der Waals surface area contributed by atoms with Crippen LogP contribution in [0.3, 0.4) is 0 Å². The number of carbonyl (C=O) groups excluding carboxylic acids is 1. The van der Waals surface area contributed by atoms with E-state index in [0.717, 1.165) is 16.8 Å². The molecule has 0 spiro atoms. The number of hydrogen-bond acceptors (Lipinski definition) is 6. The molecular weight excluding hydrogens is 346 g/mol. The Morgan fingerprint density at radius 1 is 1.30 bits per heavy atom. The Balaban J connectivity index is 2.08. The van der Waals surface area contributed by atoms with E-state index < -0.39 is 5.91 Å². The second kappa shape index (κ2) is 7.96. The van der Waals surface area contributed by atoms with Crippen LogP contribution in [0.4, 0.5) is 0 Å². The van der Waals surface area contributed by atoms with Crippen molar-refractivity contribution < 1.29 is 14.6 Å². The molecule has 1 aromatic carbocycles. The molecule has 2 aromatic heterocycles. The maximum Gasteiger partial charge on any atom is 0.248 e. The minimum absolute atomic E-state index is 0.0500. The largest absolute Gasteiger partial charge is 0.494 e. The van der Waals surface area contributed by atoms with Gasteiger partial charge in [0.1, 0.15) is 5.75 Å². The van der Waals surface area contributed by atoms with Gasteiger partial charge in [0.2, 0.25) is 5.91 Å². The molecule has 0 bridgehead atoms. The number of nitrogens with zero attached hydrogens (tertiary/aromatic N) is 4. The Labute approximate surface area is 156 Å².